The van der Waals surface area contributed by atoms with E-state index in [2.05, 4.69) is 63.8 Å². The maximum Gasteiger partial charge on any atom is 0.134 e. The first-order chi connectivity index (χ1) is 14.7. The van der Waals surface area contributed by atoms with Crippen LogP contribution in [0.3, 0.4) is 0 Å². The van der Waals surface area contributed by atoms with Gasteiger partial charge in [-0.1, -0.05) is 68.8 Å². The van der Waals surface area contributed by atoms with Crippen LogP contribution in [0.5, 0.6) is 0 Å². The molecule has 0 saturated carbocycles. The molecular formula is C28H35FN2. The average Bonchev–Trinajstić information content (AvgIpc) is 2.76. The van der Waals surface area contributed by atoms with Gasteiger partial charge in [-0.3, -0.25) is 5.01 Å². The summed E-state index contributed by atoms with van der Waals surface area (Å²) in [7, 11) is 0. The fourth-order valence-electron chi connectivity index (χ4n) is 4.28. The van der Waals surface area contributed by atoms with E-state index in [-0.39, 0.29) is 11.2 Å². The molecule has 0 radical (unpaired) electrons. The third-order valence-corrected chi connectivity index (χ3v) is 6.89. The molecule has 0 fully saturated rings. The highest BCUT2D eigenvalue weighted by molar-refractivity contribution is 5.76. The van der Waals surface area contributed by atoms with E-state index in [1.54, 1.807) is 5.01 Å². The molecule has 0 amide bonds. The lowest BCUT2D eigenvalue weighted by atomic mass is 9.72. The molecule has 0 bridgehead atoms. The van der Waals surface area contributed by atoms with Crippen LogP contribution in [-0.4, -0.2) is 18.3 Å². The van der Waals surface area contributed by atoms with Crippen molar-refractivity contribution in [3.63, 3.8) is 0 Å². The number of hydrazone groups is 1. The van der Waals surface area contributed by atoms with Crippen LogP contribution in [0.15, 0.2) is 59.9 Å². The summed E-state index contributed by atoms with van der Waals surface area (Å²) in [4.78, 5) is 0. The van der Waals surface area contributed by atoms with Crippen molar-refractivity contribution < 1.29 is 4.39 Å². The van der Waals surface area contributed by atoms with Crippen LogP contribution >= 0.6 is 0 Å². The molecule has 1 aliphatic rings. The summed E-state index contributed by atoms with van der Waals surface area (Å²) in [6.07, 6.45) is 8.52. The number of rotatable bonds is 8. The van der Waals surface area contributed by atoms with Crippen LogP contribution in [0, 0.1) is 25.1 Å². The third kappa shape index (κ3) is 5.33. The molecule has 1 unspecified atom stereocenters. The van der Waals surface area contributed by atoms with Gasteiger partial charge in [0.25, 0.3) is 0 Å². The molecule has 2 aromatic rings. The summed E-state index contributed by atoms with van der Waals surface area (Å²) in [5, 5.41) is 5.62. The molecule has 0 aromatic heterocycles. The SMILES string of the molecule is C=NN1C=CC(c2ccc(C)c(CCCC(C)(C)C(C)c3ccc(C)cc3)c2F)=CC1. The first kappa shape index (κ1) is 23.0. The minimum absolute atomic E-state index is 0.0831. The number of hydrogen-bond acceptors (Lipinski definition) is 2. The van der Waals surface area contributed by atoms with Gasteiger partial charge < -0.3 is 0 Å². The first-order valence-corrected chi connectivity index (χ1v) is 11.2. The number of halogens is 1. The Bertz CT molecular complexity index is 983. The highest BCUT2D eigenvalue weighted by Gasteiger charge is 2.27. The summed E-state index contributed by atoms with van der Waals surface area (Å²) in [5.74, 6) is 0.365. The second-order valence-corrected chi connectivity index (χ2v) is 9.44. The van der Waals surface area contributed by atoms with Crippen LogP contribution in [0.1, 0.15) is 67.3 Å². The molecule has 2 aromatic carbocycles. The highest BCUT2D eigenvalue weighted by Crippen LogP contribution is 2.39. The van der Waals surface area contributed by atoms with Crippen LogP contribution in [0.2, 0.25) is 0 Å². The standard InChI is InChI=1S/C28H35FN2/c1-20-9-12-23(13-10-20)22(3)28(4,5)17-7-8-25-21(2)11-14-26(27(25)29)24-15-18-31(30-6)19-16-24/h9-16,18,22H,6-8,17,19H2,1-5H3. The lowest BCUT2D eigenvalue weighted by molar-refractivity contribution is 0.268. The van der Waals surface area contributed by atoms with E-state index in [0.717, 1.165) is 36.0 Å². The van der Waals surface area contributed by atoms with Crippen molar-refractivity contribution >= 4 is 12.3 Å². The molecule has 2 nitrogen and oxygen atoms in total. The molecule has 0 spiro atoms. The highest BCUT2D eigenvalue weighted by atomic mass is 19.1. The number of hydrogen-bond donors (Lipinski definition) is 0. The zero-order valence-corrected chi connectivity index (χ0v) is 19.6. The Balaban J connectivity index is 1.70. The van der Waals surface area contributed by atoms with E-state index in [1.165, 1.54) is 11.1 Å². The van der Waals surface area contributed by atoms with Crippen molar-refractivity contribution in [1.82, 2.24) is 5.01 Å². The Morgan fingerprint density at radius 3 is 2.45 bits per heavy atom. The molecule has 1 heterocycles. The molecule has 3 rings (SSSR count). The van der Waals surface area contributed by atoms with Crippen LogP contribution in [-0.2, 0) is 6.42 Å². The second kappa shape index (κ2) is 9.64. The Morgan fingerprint density at radius 2 is 1.84 bits per heavy atom. The molecule has 0 N–H and O–H groups in total. The van der Waals surface area contributed by atoms with Gasteiger partial charge in [0.05, 0.1) is 6.54 Å². The van der Waals surface area contributed by atoms with E-state index >= 15 is 4.39 Å². The van der Waals surface area contributed by atoms with E-state index < -0.39 is 0 Å². The zero-order chi connectivity index (χ0) is 22.6. The van der Waals surface area contributed by atoms with Crippen LogP contribution in [0.4, 0.5) is 4.39 Å². The summed E-state index contributed by atoms with van der Waals surface area (Å²) in [6, 6.07) is 12.8. The maximum atomic E-state index is 15.5. The summed E-state index contributed by atoms with van der Waals surface area (Å²) < 4.78 is 15.5. The van der Waals surface area contributed by atoms with Crippen molar-refractivity contribution in [2.45, 2.75) is 59.8 Å². The predicted molar refractivity (Wildman–Crippen MR) is 131 cm³/mol. The largest absolute Gasteiger partial charge is 0.270 e. The molecule has 1 atom stereocenters. The fraction of sp³-hybridized carbons (Fsp3) is 0.393. The van der Waals surface area contributed by atoms with Gasteiger partial charge in [-0.2, -0.15) is 5.10 Å². The molecule has 31 heavy (non-hydrogen) atoms. The molecule has 1 aliphatic heterocycles. The Morgan fingerprint density at radius 1 is 1.13 bits per heavy atom. The normalized spacial score (nSPS) is 15.0. The number of benzene rings is 2. The Labute approximate surface area is 187 Å². The van der Waals surface area contributed by atoms with E-state index in [9.17, 15) is 0 Å². The van der Waals surface area contributed by atoms with Crippen molar-refractivity contribution in [2.75, 3.05) is 6.54 Å². The minimum Gasteiger partial charge on any atom is -0.270 e. The van der Waals surface area contributed by atoms with Gasteiger partial charge in [0.1, 0.15) is 5.82 Å². The van der Waals surface area contributed by atoms with E-state index in [0.29, 0.717) is 18.0 Å². The van der Waals surface area contributed by atoms with Gasteiger partial charge in [0.15, 0.2) is 0 Å². The topological polar surface area (TPSA) is 15.6 Å². The smallest absolute Gasteiger partial charge is 0.134 e. The van der Waals surface area contributed by atoms with Gasteiger partial charge in [-0.05, 0) is 72.8 Å². The second-order valence-electron chi connectivity index (χ2n) is 9.44. The van der Waals surface area contributed by atoms with Crippen molar-refractivity contribution in [2.24, 2.45) is 10.5 Å². The Kier molecular flexibility index (Phi) is 7.15. The van der Waals surface area contributed by atoms with Crippen LogP contribution in [0.25, 0.3) is 5.57 Å². The van der Waals surface area contributed by atoms with Gasteiger partial charge in [-0.15, -0.1) is 0 Å². The molecule has 0 aliphatic carbocycles. The summed E-state index contributed by atoms with van der Waals surface area (Å²) in [6.45, 7) is 15.2. The zero-order valence-electron chi connectivity index (χ0n) is 19.6. The monoisotopic (exact) mass is 418 g/mol. The molecule has 164 valence electrons. The number of aryl methyl sites for hydroxylation is 2. The quantitative estimate of drug-likeness (QED) is 0.407. The summed E-state index contributed by atoms with van der Waals surface area (Å²) in [5.41, 5.74) is 6.26. The summed E-state index contributed by atoms with van der Waals surface area (Å²) >= 11 is 0. The number of nitrogens with zero attached hydrogens (tertiary/aromatic N) is 2. The fourth-order valence-corrected chi connectivity index (χ4v) is 4.28. The van der Waals surface area contributed by atoms with Crippen molar-refractivity contribution in [3.05, 3.63) is 88.4 Å². The molecular weight excluding hydrogens is 383 g/mol. The van der Waals surface area contributed by atoms with Gasteiger partial charge in [-0.25, -0.2) is 4.39 Å². The molecule has 3 heteroatoms. The minimum atomic E-state index is -0.0831. The van der Waals surface area contributed by atoms with E-state index in [4.69, 9.17) is 0 Å². The van der Waals surface area contributed by atoms with E-state index in [1.807, 2.05) is 37.4 Å². The lowest BCUT2D eigenvalue weighted by Crippen LogP contribution is -2.20. The van der Waals surface area contributed by atoms with Crippen LogP contribution < -0.4 is 0 Å². The Hall–Kier alpha value is -2.68. The van der Waals surface area contributed by atoms with Gasteiger partial charge >= 0.3 is 0 Å². The van der Waals surface area contributed by atoms with Crippen molar-refractivity contribution in [1.29, 1.82) is 0 Å². The molecule has 0 saturated heterocycles. The van der Waals surface area contributed by atoms with Gasteiger partial charge in [0.2, 0.25) is 0 Å². The van der Waals surface area contributed by atoms with Gasteiger partial charge in [0, 0.05) is 18.5 Å². The van der Waals surface area contributed by atoms with Crippen molar-refractivity contribution in [3.8, 4) is 0 Å². The number of allylic oxidation sites excluding steroid dienone is 2. The predicted octanol–water partition coefficient (Wildman–Crippen LogP) is 7.42. The first-order valence-electron chi connectivity index (χ1n) is 11.2. The lowest BCUT2D eigenvalue weighted by Gasteiger charge is -2.32. The third-order valence-electron chi connectivity index (χ3n) is 6.89. The average molecular weight is 419 g/mol. The maximum absolute atomic E-state index is 15.5.